The highest BCUT2D eigenvalue weighted by atomic mass is 16.5. The molecule has 1 heterocycles. The van der Waals surface area contributed by atoms with Crippen LogP contribution in [0.15, 0.2) is 23.6 Å². The summed E-state index contributed by atoms with van der Waals surface area (Å²) in [6.45, 7) is 1.93. The van der Waals surface area contributed by atoms with Gasteiger partial charge in [-0.1, -0.05) is 6.92 Å². The van der Waals surface area contributed by atoms with Gasteiger partial charge in [0.05, 0.1) is 12.1 Å². The molecule has 1 unspecified atom stereocenters. The van der Waals surface area contributed by atoms with E-state index in [1.54, 1.807) is 6.08 Å². The van der Waals surface area contributed by atoms with Gasteiger partial charge in [-0.05, 0) is 12.2 Å². The van der Waals surface area contributed by atoms with Gasteiger partial charge in [-0.2, -0.15) is 0 Å². The maximum Gasteiger partial charge on any atom is 0.235 e. The molecule has 0 amide bonds. The molecular weight excluding hydrogens is 168 g/mol. The van der Waals surface area contributed by atoms with Crippen molar-refractivity contribution in [3.63, 3.8) is 0 Å². The second-order valence-electron chi connectivity index (χ2n) is 3.28. The molecule has 1 aliphatic heterocycles. The van der Waals surface area contributed by atoms with Crippen LogP contribution in [-0.4, -0.2) is 11.6 Å². The smallest absolute Gasteiger partial charge is 0.235 e. The van der Waals surface area contributed by atoms with E-state index in [4.69, 9.17) is 10.5 Å². The van der Waals surface area contributed by atoms with Crippen LogP contribution in [0.2, 0.25) is 0 Å². The van der Waals surface area contributed by atoms with Crippen LogP contribution in [0, 0.1) is 0 Å². The van der Waals surface area contributed by atoms with E-state index >= 15 is 0 Å². The fourth-order valence-electron chi connectivity index (χ4n) is 1.42. The normalized spacial score (nSPS) is 31.4. The molecule has 13 heavy (non-hydrogen) atoms. The molecule has 4 nitrogen and oxygen atoms in total. The maximum atomic E-state index is 11.0. The molecule has 0 spiro atoms. The number of hydrogen-bond donors (Lipinski definition) is 2. The zero-order valence-electron chi connectivity index (χ0n) is 7.46. The van der Waals surface area contributed by atoms with Crippen molar-refractivity contribution in [1.82, 2.24) is 5.32 Å². The Morgan fingerprint density at radius 1 is 1.69 bits per heavy atom. The van der Waals surface area contributed by atoms with Gasteiger partial charge in [0.2, 0.25) is 5.85 Å². The first-order chi connectivity index (χ1) is 6.13. The molecule has 0 aromatic heterocycles. The summed E-state index contributed by atoms with van der Waals surface area (Å²) in [5, 5.41) is 3.04. The molecule has 0 saturated carbocycles. The van der Waals surface area contributed by atoms with E-state index in [0.29, 0.717) is 18.6 Å². The fourth-order valence-corrected chi connectivity index (χ4v) is 1.42. The SMILES string of the molecule is CCC1(N)NC2=C(CC(=O)C=C2)O1. The number of allylic oxidation sites excluding steroid dienone is 3. The van der Waals surface area contributed by atoms with E-state index in [1.165, 1.54) is 6.08 Å². The quantitative estimate of drug-likeness (QED) is 0.612. The van der Waals surface area contributed by atoms with Crippen LogP contribution in [0.5, 0.6) is 0 Å². The van der Waals surface area contributed by atoms with Crippen LogP contribution in [0.3, 0.4) is 0 Å². The van der Waals surface area contributed by atoms with Crippen molar-refractivity contribution in [2.45, 2.75) is 25.6 Å². The Kier molecular flexibility index (Phi) is 1.66. The van der Waals surface area contributed by atoms with Crippen molar-refractivity contribution in [3.05, 3.63) is 23.6 Å². The topological polar surface area (TPSA) is 64.3 Å². The number of carbonyl (C=O) groups is 1. The minimum absolute atomic E-state index is 0.0564. The van der Waals surface area contributed by atoms with E-state index in [0.717, 1.165) is 5.70 Å². The van der Waals surface area contributed by atoms with Gasteiger partial charge in [-0.25, -0.2) is 0 Å². The number of hydrogen-bond acceptors (Lipinski definition) is 4. The summed E-state index contributed by atoms with van der Waals surface area (Å²) in [5.41, 5.74) is 6.68. The number of ether oxygens (including phenoxy) is 1. The Labute approximate surface area is 76.4 Å². The Balaban J connectivity index is 2.20. The highest BCUT2D eigenvalue weighted by Crippen LogP contribution is 2.28. The molecule has 70 valence electrons. The number of nitrogens with one attached hydrogen (secondary N) is 1. The molecule has 0 radical (unpaired) electrons. The average Bonchev–Trinajstić information content (AvgIpc) is 2.42. The molecule has 0 bridgehead atoms. The fraction of sp³-hybridized carbons (Fsp3) is 0.444. The van der Waals surface area contributed by atoms with Crippen LogP contribution in [0.1, 0.15) is 19.8 Å². The lowest BCUT2D eigenvalue weighted by Gasteiger charge is -2.23. The van der Waals surface area contributed by atoms with Gasteiger partial charge >= 0.3 is 0 Å². The molecule has 1 atom stereocenters. The Hall–Kier alpha value is -1.29. The lowest BCUT2D eigenvalue weighted by Crippen LogP contribution is -2.50. The first kappa shape index (κ1) is 8.31. The maximum absolute atomic E-state index is 11.0. The number of ketones is 1. The van der Waals surface area contributed by atoms with E-state index in [-0.39, 0.29) is 5.78 Å². The van der Waals surface area contributed by atoms with E-state index in [2.05, 4.69) is 5.32 Å². The molecule has 2 aliphatic rings. The summed E-state index contributed by atoms with van der Waals surface area (Å²) in [5.74, 6) is -0.0997. The van der Waals surface area contributed by atoms with Crippen LogP contribution in [0.25, 0.3) is 0 Å². The van der Waals surface area contributed by atoms with Crippen molar-refractivity contribution < 1.29 is 9.53 Å². The lowest BCUT2D eigenvalue weighted by atomic mass is 10.1. The van der Waals surface area contributed by atoms with E-state index < -0.39 is 5.85 Å². The Morgan fingerprint density at radius 2 is 2.46 bits per heavy atom. The zero-order valence-corrected chi connectivity index (χ0v) is 7.46. The van der Waals surface area contributed by atoms with Crippen LogP contribution < -0.4 is 11.1 Å². The summed E-state index contributed by atoms with van der Waals surface area (Å²) in [7, 11) is 0. The van der Waals surface area contributed by atoms with Crippen LogP contribution in [0.4, 0.5) is 0 Å². The van der Waals surface area contributed by atoms with E-state index in [1.807, 2.05) is 6.92 Å². The van der Waals surface area contributed by atoms with Gasteiger partial charge in [0.15, 0.2) is 5.78 Å². The van der Waals surface area contributed by atoms with Gasteiger partial charge in [0.1, 0.15) is 5.76 Å². The molecule has 2 rings (SSSR count). The monoisotopic (exact) mass is 180 g/mol. The van der Waals surface area contributed by atoms with Gasteiger partial charge in [-0.15, -0.1) is 0 Å². The van der Waals surface area contributed by atoms with Gasteiger partial charge in [-0.3, -0.25) is 10.5 Å². The molecule has 0 fully saturated rings. The summed E-state index contributed by atoms with van der Waals surface area (Å²) in [6, 6.07) is 0. The number of nitrogens with two attached hydrogens (primary N) is 1. The molecule has 3 N–H and O–H groups in total. The second kappa shape index (κ2) is 2.60. The van der Waals surface area contributed by atoms with Crippen molar-refractivity contribution >= 4 is 5.78 Å². The standard InChI is InChI=1S/C9H12N2O2/c1-2-9(10)11-7-4-3-6(12)5-8(7)13-9/h3-4,11H,2,5,10H2,1H3. The summed E-state index contributed by atoms with van der Waals surface area (Å²) < 4.78 is 5.45. The highest BCUT2D eigenvalue weighted by Gasteiger charge is 2.35. The predicted octanol–water partition coefficient (Wildman–Crippen LogP) is 0.369. The minimum Gasteiger partial charge on any atom is -0.457 e. The molecule has 1 aliphatic carbocycles. The molecule has 0 aromatic carbocycles. The molecule has 0 saturated heterocycles. The predicted molar refractivity (Wildman–Crippen MR) is 47.2 cm³/mol. The van der Waals surface area contributed by atoms with Crippen LogP contribution in [-0.2, 0) is 9.53 Å². The summed E-state index contributed by atoms with van der Waals surface area (Å²) in [6.07, 6.45) is 4.22. The second-order valence-corrected chi connectivity index (χ2v) is 3.28. The van der Waals surface area contributed by atoms with Gasteiger partial charge < -0.3 is 10.1 Å². The highest BCUT2D eigenvalue weighted by molar-refractivity contribution is 5.93. The van der Waals surface area contributed by atoms with Crippen molar-refractivity contribution in [1.29, 1.82) is 0 Å². The lowest BCUT2D eigenvalue weighted by molar-refractivity contribution is -0.115. The third-order valence-electron chi connectivity index (χ3n) is 2.25. The summed E-state index contributed by atoms with van der Waals surface area (Å²) >= 11 is 0. The third-order valence-corrected chi connectivity index (χ3v) is 2.25. The number of rotatable bonds is 1. The largest absolute Gasteiger partial charge is 0.457 e. The van der Waals surface area contributed by atoms with E-state index in [9.17, 15) is 4.79 Å². The number of carbonyl (C=O) groups excluding carboxylic acids is 1. The van der Waals surface area contributed by atoms with Crippen molar-refractivity contribution in [3.8, 4) is 0 Å². The zero-order chi connectivity index (χ0) is 9.47. The van der Waals surface area contributed by atoms with Crippen molar-refractivity contribution in [2.24, 2.45) is 5.73 Å². The third kappa shape index (κ3) is 1.33. The van der Waals surface area contributed by atoms with Crippen molar-refractivity contribution in [2.75, 3.05) is 0 Å². The minimum atomic E-state index is -0.820. The summed E-state index contributed by atoms with van der Waals surface area (Å²) in [4.78, 5) is 11.0. The molecule has 4 heteroatoms. The van der Waals surface area contributed by atoms with Gasteiger partial charge in [0, 0.05) is 6.42 Å². The Morgan fingerprint density at radius 3 is 3.15 bits per heavy atom. The van der Waals surface area contributed by atoms with Gasteiger partial charge in [0.25, 0.3) is 0 Å². The average molecular weight is 180 g/mol. The Bertz CT molecular complexity index is 320. The molecule has 0 aromatic rings. The first-order valence-corrected chi connectivity index (χ1v) is 4.33. The molecular formula is C9H12N2O2. The first-order valence-electron chi connectivity index (χ1n) is 4.33. The van der Waals surface area contributed by atoms with Crippen LogP contribution >= 0.6 is 0 Å².